The Bertz CT molecular complexity index is 1070. The molecule has 0 rings (SSSR count). The van der Waals surface area contributed by atoms with Crippen LogP contribution in [0, 0.1) is 0 Å². The Morgan fingerprint density at radius 2 is 1.06 bits per heavy atom. The minimum atomic E-state index is -4.40. The fourth-order valence-corrected chi connectivity index (χ4v) is 5.46. The number of nitrogens with two attached hydrogens (primary N) is 1. The number of allylic oxidation sites excluding steroid dienone is 12. The average Bonchev–Trinajstić information content (AvgIpc) is 3.11. The highest BCUT2D eigenvalue weighted by molar-refractivity contribution is 7.47. The number of phosphoric acid groups is 1. The van der Waals surface area contributed by atoms with E-state index in [1.165, 1.54) is 57.8 Å². The van der Waals surface area contributed by atoms with Crippen molar-refractivity contribution in [3.63, 3.8) is 0 Å². The second kappa shape index (κ2) is 37.2. The van der Waals surface area contributed by atoms with Crippen molar-refractivity contribution in [1.29, 1.82) is 0 Å². The highest BCUT2D eigenvalue weighted by atomic mass is 31.2. The van der Waals surface area contributed by atoms with Gasteiger partial charge >= 0.3 is 19.8 Å². The molecule has 9 nitrogen and oxygen atoms in total. The van der Waals surface area contributed by atoms with E-state index in [0.29, 0.717) is 12.8 Å². The number of rotatable bonds is 35. The minimum Gasteiger partial charge on any atom is -0.462 e. The Morgan fingerprint density at radius 3 is 1.61 bits per heavy atom. The summed E-state index contributed by atoms with van der Waals surface area (Å²) in [6, 6.07) is 0. The minimum absolute atomic E-state index is 0.0351. The Balaban J connectivity index is 4.41. The van der Waals surface area contributed by atoms with E-state index in [1.54, 1.807) is 0 Å². The van der Waals surface area contributed by atoms with Crippen LogP contribution in [0.2, 0.25) is 0 Å². The maximum Gasteiger partial charge on any atom is 0.472 e. The highest BCUT2D eigenvalue weighted by Gasteiger charge is 2.25. The van der Waals surface area contributed by atoms with Crippen LogP contribution in [-0.4, -0.2) is 49.3 Å². The molecule has 0 spiro atoms. The lowest BCUT2D eigenvalue weighted by Crippen LogP contribution is -2.29. The summed E-state index contributed by atoms with van der Waals surface area (Å²) in [5, 5.41) is 0. The topological polar surface area (TPSA) is 134 Å². The molecular weight excluding hydrogens is 665 g/mol. The van der Waals surface area contributed by atoms with E-state index in [1.807, 2.05) is 18.2 Å². The summed E-state index contributed by atoms with van der Waals surface area (Å²) in [5.74, 6) is -0.990. The van der Waals surface area contributed by atoms with Crippen molar-refractivity contribution in [2.45, 2.75) is 148 Å². The second-order valence-electron chi connectivity index (χ2n) is 12.4. The van der Waals surface area contributed by atoms with Crippen molar-refractivity contribution >= 4 is 19.8 Å². The molecule has 0 aliphatic carbocycles. The van der Waals surface area contributed by atoms with Crippen molar-refractivity contribution < 1.29 is 37.6 Å². The third-order valence-electron chi connectivity index (χ3n) is 7.57. The van der Waals surface area contributed by atoms with Gasteiger partial charge in [-0.25, -0.2) is 4.57 Å². The normalized spacial score (nSPS) is 14.2. The first-order chi connectivity index (χ1) is 24.8. The summed E-state index contributed by atoms with van der Waals surface area (Å²) in [7, 11) is -4.40. The molecule has 0 saturated heterocycles. The van der Waals surface area contributed by atoms with Gasteiger partial charge in [-0.15, -0.1) is 0 Å². The van der Waals surface area contributed by atoms with Crippen molar-refractivity contribution in [3.8, 4) is 0 Å². The van der Waals surface area contributed by atoms with Gasteiger partial charge in [-0.05, 0) is 57.8 Å². The van der Waals surface area contributed by atoms with E-state index < -0.39 is 32.5 Å². The van der Waals surface area contributed by atoms with Gasteiger partial charge in [-0.1, -0.05) is 145 Å². The molecule has 51 heavy (non-hydrogen) atoms. The number of hydrogen-bond acceptors (Lipinski definition) is 8. The van der Waals surface area contributed by atoms with E-state index in [2.05, 4.69) is 68.5 Å². The number of ether oxygens (including phenoxy) is 2. The number of unbranched alkanes of at least 4 members (excludes halogenated alkanes) is 10. The smallest absolute Gasteiger partial charge is 0.462 e. The number of phosphoric ester groups is 1. The van der Waals surface area contributed by atoms with Gasteiger partial charge in [0.15, 0.2) is 6.10 Å². The summed E-state index contributed by atoms with van der Waals surface area (Å²) in [6.45, 7) is 3.50. The van der Waals surface area contributed by atoms with Crippen LogP contribution in [0.3, 0.4) is 0 Å². The average molecular weight is 736 g/mol. The van der Waals surface area contributed by atoms with E-state index in [-0.39, 0.29) is 32.6 Å². The Morgan fingerprint density at radius 1 is 0.588 bits per heavy atom. The van der Waals surface area contributed by atoms with Crippen LogP contribution in [0.4, 0.5) is 0 Å². The monoisotopic (exact) mass is 735 g/mol. The molecule has 0 aliphatic heterocycles. The molecule has 0 saturated carbocycles. The Kier molecular flexibility index (Phi) is 35.4. The van der Waals surface area contributed by atoms with Crippen molar-refractivity contribution in [2.75, 3.05) is 26.4 Å². The van der Waals surface area contributed by atoms with Crippen molar-refractivity contribution in [1.82, 2.24) is 0 Å². The quantitative estimate of drug-likeness (QED) is 0.0282. The van der Waals surface area contributed by atoms with Crippen LogP contribution in [0.5, 0.6) is 0 Å². The van der Waals surface area contributed by atoms with Crippen LogP contribution in [0.25, 0.3) is 0 Å². The van der Waals surface area contributed by atoms with Gasteiger partial charge in [0.05, 0.1) is 13.2 Å². The molecule has 10 heteroatoms. The molecule has 0 aliphatic rings. The SMILES string of the molecule is CCC/C=C\C/C=C\C/C=C\C/C=C\C/C=C\CCC(=O)OC(COC(=O)CC/C=C\CCCCCCCCCCC)COP(=O)(O)OCCN. The van der Waals surface area contributed by atoms with Crippen LogP contribution in [0.1, 0.15) is 142 Å². The first-order valence-corrected chi connectivity index (χ1v) is 20.9. The number of carbonyl (C=O) groups excluding carboxylic acids is 2. The van der Waals surface area contributed by atoms with Crippen molar-refractivity contribution in [3.05, 3.63) is 72.9 Å². The molecule has 0 aromatic carbocycles. The molecule has 0 aromatic heterocycles. The molecule has 292 valence electrons. The van der Waals surface area contributed by atoms with Gasteiger partial charge in [-0.2, -0.15) is 0 Å². The molecule has 0 amide bonds. The third-order valence-corrected chi connectivity index (χ3v) is 8.56. The molecule has 3 N–H and O–H groups in total. The lowest BCUT2D eigenvalue weighted by Gasteiger charge is -2.19. The molecule has 0 radical (unpaired) electrons. The van der Waals surface area contributed by atoms with Crippen LogP contribution >= 0.6 is 7.82 Å². The maximum atomic E-state index is 12.5. The van der Waals surface area contributed by atoms with Crippen molar-refractivity contribution in [2.24, 2.45) is 5.73 Å². The van der Waals surface area contributed by atoms with Crippen LogP contribution in [-0.2, 0) is 32.7 Å². The van der Waals surface area contributed by atoms with Gasteiger partial charge in [-0.3, -0.25) is 18.6 Å². The zero-order valence-electron chi connectivity index (χ0n) is 31.8. The second-order valence-corrected chi connectivity index (χ2v) is 13.9. The van der Waals surface area contributed by atoms with E-state index in [4.69, 9.17) is 24.3 Å². The molecular formula is C41H70NO8P. The van der Waals surface area contributed by atoms with Gasteiger partial charge in [0, 0.05) is 19.4 Å². The summed E-state index contributed by atoms with van der Waals surface area (Å²) in [6.07, 6.45) is 43.9. The maximum absolute atomic E-state index is 12.5. The molecule has 0 fully saturated rings. The predicted octanol–water partition coefficient (Wildman–Crippen LogP) is 10.7. The summed E-state index contributed by atoms with van der Waals surface area (Å²) in [5.41, 5.74) is 5.32. The lowest BCUT2D eigenvalue weighted by atomic mass is 10.1. The first kappa shape index (κ1) is 48.5. The summed E-state index contributed by atoms with van der Waals surface area (Å²) in [4.78, 5) is 34.6. The van der Waals surface area contributed by atoms with E-state index in [9.17, 15) is 19.0 Å². The summed E-state index contributed by atoms with van der Waals surface area (Å²) < 4.78 is 32.5. The predicted molar refractivity (Wildman–Crippen MR) is 210 cm³/mol. The van der Waals surface area contributed by atoms with Gasteiger partial charge < -0.3 is 20.1 Å². The first-order valence-electron chi connectivity index (χ1n) is 19.4. The fourth-order valence-electron chi connectivity index (χ4n) is 4.70. The highest BCUT2D eigenvalue weighted by Crippen LogP contribution is 2.43. The van der Waals surface area contributed by atoms with Crippen LogP contribution in [0.15, 0.2) is 72.9 Å². The lowest BCUT2D eigenvalue weighted by molar-refractivity contribution is -0.161. The molecule has 2 unspecified atom stereocenters. The number of carbonyl (C=O) groups is 2. The molecule has 0 heterocycles. The zero-order chi connectivity index (χ0) is 37.5. The summed E-state index contributed by atoms with van der Waals surface area (Å²) >= 11 is 0. The molecule has 0 aromatic rings. The number of hydrogen-bond donors (Lipinski definition) is 2. The standard InChI is InChI=1S/C41H70NO8P/c1-3-5-7-9-11-13-15-17-18-19-20-22-24-26-28-30-32-34-41(44)50-39(38-49-51(45,46)48-36-35-42)37-47-40(43)33-31-29-27-25-23-21-16-14-12-10-8-6-4-2/h7,9,13,15,18-19,22,24,27-30,39H,3-6,8,10-12,14,16-17,20-21,23,25-26,31-38,42H2,1-2H3,(H,45,46)/b9-7-,15-13-,19-18-,24-22-,29-27-,30-28-. The number of esters is 2. The van der Waals surface area contributed by atoms with E-state index >= 15 is 0 Å². The Hall–Kier alpha value is -2.55. The van der Waals surface area contributed by atoms with Gasteiger partial charge in [0.1, 0.15) is 6.61 Å². The molecule has 2 atom stereocenters. The van der Waals surface area contributed by atoms with E-state index in [0.717, 1.165) is 44.9 Å². The largest absolute Gasteiger partial charge is 0.472 e. The van der Waals surface area contributed by atoms with Crippen LogP contribution < -0.4 is 5.73 Å². The molecule has 0 bridgehead atoms. The van der Waals surface area contributed by atoms with Gasteiger partial charge in [0.2, 0.25) is 0 Å². The fraction of sp³-hybridized carbons (Fsp3) is 0.659. The zero-order valence-corrected chi connectivity index (χ0v) is 32.7. The van der Waals surface area contributed by atoms with Gasteiger partial charge in [0.25, 0.3) is 0 Å². The Labute approximate surface area is 310 Å². The third kappa shape index (κ3) is 37.0.